The monoisotopic (exact) mass is 267 g/mol. The maximum absolute atomic E-state index is 12.5. The maximum Gasteiger partial charge on any atom is 0.416 e. The number of anilines is 1. The zero-order chi connectivity index (χ0) is 13.1. The molecule has 0 amide bonds. The summed E-state index contributed by atoms with van der Waals surface area (Å²) in [5.41, 5.74) is -0.491. The lowest BCUT2D eigenvalue weighted by molar-refractivity contribution is -0.137. The van der Waals surface area contributed by atoms with Crippen LogP contribution in [0.5, 0.6) is 0 Å². The van der Waals surface area contributed by atoms with E-state index in [1.165, 1.54) is 6.07 Å². The number of alkyl halides is 3. The van der Waals surface area contributed by atoms with E-state index in [1.807, 2.05) is 0 Å². The molecule has 0 heterocycles. The van der Waals surface area contributed by atoms with Crippen LogP contribution in [0.15, 0.2) is 18.2 Å². The SMILES string of the molecule is CC(O)CCNc1cc(Cl)cc(C(F)(F)F)c1. The number of nitrogens with one attached hydrogen (secondary N) is 1. The lowest BCUT2D eigenvalue weighted by atomic mass is 10.2. The van der Waals surface area contributed by atoms with E-state index in [9.17, 15) is 13.2 Å². The van der Waals surface area contributed by atoms with Crippen molar-refractivity contribution in [1.29, 1.82) is 0 Å². The Labute approximate surface area is 102 Å². The molecule has 1 unspecified atom stereocenters. The molecule has 1 aromatic carbocycles. The lowest BCUT2D eigenvalue weighted by Gasteiger charge is -2.12. The molecule has 2 nitrogen and oxygen atoms in total. The maximum atomic E-state index is 12.5. The highest BCUT2D eigenvalue weighted by Gasteiger charge is 2.31. The minimum Gasteiger partial charge on any atom is -0.393 e. The molecule has 0 saturated heterocycles. The van der Waals surface area contributed by atoms with Gasteiger partial charge in [0.1, 0.15) is 0 Å². The van der Waals surface area contributed by atoms with Crippen LogP contribution in [-0.2, 0) is 6.18 Å². The Morgan fingerprint density at radius 1 is 1.35 bits per heavy atom. The van der Waals surface area contributed by atoms with Crippen molar-refractivity contribution >= 4 is 17.3 Å². The van der Waals surface area contributed by atoms with Crippen LogP contribution >= 0.6 is 11.6 Å². The molecule has 0 aromatic heterocycles. The summed E-state index contributed by atoms with van der Waals surface area (Å²) in [5.74, 6) is 0. The highest BCUT2D eigenvalue weighted by molar-refractivity contribution is 6.30. The molecule has 1 aromatic rings. The predicted molar refractivity (Wildman–Crippen MR) is 61.2 cm³/mol. The Bertz CT molecular complexity index is 379. The molecular formula is C11H13ClF3NO. The normalized spacial score (nSPS) is 13.5. The summed E-state index contributed by atoms with van der Waals surface area (Å²) in [6.07, 6.45) is -4.46. The lowest BCUT2D eigenvalue weighted by Crippen LogP contribution is -2.11. The molecule has 1 atom stereocenters. The third-order valence-electron chi connectivity index (χ3n) is 2.12. The average molecular weight is 268 g/mol. The first-order valence-electron chi connectivity index (χ1n) is 5.09. The van der Waals surface area contributed by atoms with Crippen LogP contribution in [0.4, 0.5) is 18.9 Å². The fourth-order valence-electron chi connectivity index (χ4n) is 1.28. The van der Waals surface area contributed by atoms with E-state index in [4.69, 9.17) is 16.7 Å². The number of hydrogen-bond donors (Lipinski definition) is 2. The van der Waals surface area contributed by atoms with Gasteiger partial charge in [-0.1, -0.05) is 11.6 Å². The first kappa shape index (κ1) is 14.1. The number of aliphatic hydroxyl groups is 1. The van der Waals surface area contributed by atoms with Gasteiger partial charge in [0.05, 0.1) is 11.7 Å². The second-order valence-electron chi connectivity index (χ2n) is 3.79. The van der Waals surface area contributed by atoms with Gasteiger partial charge in [0.15, 0.2) is 0 Å². The number of benzene rings is 1. The van der Waals surface area contributed by atoms with Crippen molar-refractivity contribution in [3.8, 4) is 0 Å². The molecule has 6 heteroatoms. The minimum atomic E-state index is -4.41. The summed E-state index contributed by atoms with van der Waals surface area (Å²) >= 11 is 5.61. The van der Waals surface area contributed by atoms with Gasteiger partial charge in [0.25, 0.3) is 0 Å². The van der Waals surface area contributed by atoms with Crippen LogP contribution in [-0.4, -0.2) is 17.8 Å². The largest absolute Gasteiger partial charge is 0.416 e. The van der Waals surface area contributed by atoms with Crippen molar-refractivity contribution in [3.63, 3.8) is 0 Å². The van der Waals surface area contributed by atoms with Crippen LogP contribution < -0.4 is 5.32 Å². The van der Waals surface area contributed by atoms with Crippen LogP contribution in [0.1, 0.15) is 18.9 Å². The van der Waals surface area contributed by atoms with E-state index in [0.29, 0.717) is 18.7 Å². The van der Waals surface area contributed by atoms with Crippen molar-refractivity contribution < 1.29 is 18.3 Å². The van der Waals surface area contributed by atoms with Crippen molar-refractivity contribution in [2.45, 2.75) is 25.6 Å². The predicted octanol–water partition coefficient (Wildman–Crippen LogP) is 3.54. The molecule has 0 spiro atoms. The van der Waals surface area contributed by atoms with Gasteiger partial charge in [-0.25, -0.2) is 0 Å². The zero-order valence-electron chi connectivity index (χ0n) is 9.18. The molecule has 96 valence electrons. The van der Waals surface area contributed by atoms with Crippen molar-refractivity contribution in [2.24, 2.45) is 0 Å². The third kappa shape index (κ3) is 4.83. The molecule has 2 N–H and O–H groups in total. The molecule has 0 aliphatic rings. The molecule has 0 saturated carbocycles. The number of rotatable bonds is 4. The van der Waals surface area contributed by atoms with Gasteiger partial charge in [-0.2, -0.15) is 13.2 Å². The van der Waals surface area contributed by atoms with Gasteiger partial charge < -0.3 is 10.4 Å². The minimum absolute atomic E-state index is 0.0272. The van der Waals surface area contributed by atoms with E-state index in [1.54, 1.807) is 6.92 Å². The van der Waals surface area contributed by atoms with Gasteiger partial charge in [-0.15, -0.1) is 0 Å². The summed E-state index contributed by atoms with van der Waals surface area (Å²) in [5, 5.41) is 11.8. The molecule has 0 aliphatic carbocycles. The first-order valence-corrected chi connectivity index (χ1v) is 5.46. The standard InChI is InChI=1S/C11H13ClF3NO/c1-7(17)2-3-16-10-5-8(11(13,14)15)4-9(12)6-10/h4-7,16-17H,2-3H2,1H3. The molecule has 17 heavy (non-hydrogen) atoms. The topological polar surface area (TPSA) is 32.3 Å². The fourth-order valence-corrected chi connectivity index (χ4v) is 1.52. The van der Waals surface area contributed by atoms with E-state index >= 15 is 0 Å². The Hall–Kier alpha value is -0.940. The van der Waals surface area contributed by atoms with E-state index in [-0.39, 0.29) is 5.02 Å². The summed E-state index contributed by atoms with van der Waals surface area (Å²) < 4.78 is 37.4. The Kier molecular flexibility index (Phi) is 4.65. The van der Waals surface area contributed by atoms with Crippen LogP contribution in [0.3, 0.4) is 0 Å². The molecule has 0 bridgehead atoms. The van der Waals surface area contributed by atoms with Gasteiger partial charge in [-0.05, 0) is 31.5 Å². The molecular weight excluding hydrogens is 255 g/mol. The zero-order valence-corrected chi connectivity index (χ0v) is 9.94. The van der Waals surface area contributed by atoms with Gasteiger partial charge in [-0.3, -0.25) is 0 Å². The average Bonchev–Trinajstić information content (AvgIpc) is 2.14. The van der Waals surface area contributed by atoms with Gasteiger partial charge >= 0.3 is 6.18 Å². The van der Waals surface area contributed by atoms with E-state index in [2.05, 4.69) is 5.32 Å². The third-order valence-corrected chi connectivity index (χ3v) is 2.33. The highest BCUT2D eigenvalue weighted by Crippen LogP contribution is 2.33. The fraction of sp³-hybridized carbons (Fsp3) is 0.455. The Balaban J connectivity index is 2.76. The highest BCUT2D eigenvalue weighted by atomic mass is 35.5. The molecule has 0 aliphatic heterocycles. The second kappa shape index (κ2) is 5.60. The number of halogens is 4. The molecule has 0 radical (unpaired) electrons. The number of aliphatic hydroxyl groups excluding tert-OH is 1. The Morgan fingerprint density at radius 2 is 2.00 bits per heavy atom. The summed E-state index contributed by atoms with van der Waals surface area (Å²) in [6.45, 7) is 2.00. The van der Waals surface area contributed by atoms with Crippen molar-refractivity contribution in [3.05, 3.63) is 28.8 Å². The second-order valence-corrected chi connectivity index (χ2v) is 4.23. The molecule has 0 fully saturated rings. The van der Waals surface area contributed by atoms with Gasteiger partial charge in [0, 0.05) is 17.3 Å². The Morgan fingerprint density at radius 3 is 2.53 bits per heavy atom. The van der Waals surface area contributed by atoms with E-state index < -0.39 is 17.8 Å². The summed E-state index contributed by atoms with van der Waals surface area (Å²) in [6, 6.07) is 3.29. The smallest absolute Gasteiger partial charge is 0.393 e. The summed E-state index contributed by atoms with van der Waals surface area (Å²) in [7, 11) is 0. The van der Waals surface area contributed by atoms with Crippen molar-refractivity contribution in [2.75, 3.05) is 11.9 Å². The van der Waals surface area contributed by atoms with Gasteiger partial charge in [0.2, 0.25) is 0 Å². The van der Waals surface area contributed by atoms with Crippen LogP contribution in [0.25, 0.3) is 0 Å². The quantitative estimate of drug-likeness (QED) is 0.874. The number of hydrogen-bond acceptors (Lipinski definition) is 2. The van der Waals surface area contributed by atoms with Crippen LogP contribution in [0, 0.1) is 0 Å². The first-order chi connectivity index (χ1) is 7.79. The van der Waals surface area contributed by atoms with E-state index in [0.717, 1.165) is 12.1 Å². The molecule has 1 rings (SSSR count). The van der Waals surface area contributed by atoms with Crippen molar-refractivity contribution in [1.82, 2.24) is 0 Å². The van der Waals surface area contributed by atoms with Crippen LogP contribution in [0.2, 0.25) is 5.02 Å². The summed E-state index contributed by atoms with van der Waals surface area (Å²) in [4.78, 5) is 0.